The maximum atomic E-state index is 14.2. The molecule has 1 aromatic carbocycles. The summed E-state index contributed by atoms with van der Waals surface area (Å²) in [7, 11) is 3.55. The first-order chi connectivity index (χ1) is 13.0. The van der Waals surface area contributed by atoms with Crippen LogP contribution in [-0.2, 0) is 0 Å². The van der Waals surface area contributed by atoms with E-state index < -0.39 is 17.7 Å². The second kappa shape index (κ2) is 8.62. The molecular formula is C18H24F2N6S. The van der Waals surface area contributed by atoms with Gasteiger partial charge in [-0.25, -0.2) is 13.8 Å². The van der Waals surface area contributed by atoms with Crippen LogP contribution in [0.15, 0.2) is 34.8 Å². The van der Waals surface area contributed by atoms with E-state index in [9.17, 15) is 8.78 Å². The lowest BCUT2D eigenvalue weighted by molar-refractivity contribution is 0.288. The minimum Gasteiger partial charge on any atom is -0.370 e. The predicted molar refractivity (Wildman–Crippen MR) is 105 cm³/mol. The molecule has 0 aliphatic carbocycles. The van der Waals surface area contributed by atoms with E-state index in [1.165, 1.54) is 18.2 Å². The van der Waals surface area contributed by atoms with E-state index in [1.54, 1.807) is 36.5 Å². The Kier molecular flexibility index (Phi) is 6.22. The fraction of sp³-hybridized carbons (Fsp3) is 0.444. The number of hydrogen-bond donors (Lipinski definition) is 1. The van der Waals surface area contributed by atoms with Crippen molar-refractivity contribution in [1.29, 1.82) is 0 Å². The number of piperazine rings is 1. The van der Waals surface area contributed by atoms with Gasteiger partial charge in [-0.1, -0.05) is 6.07 Å². The molecule has 0 amide bonds. The Morgan fingerprint density at radius 1 is 1.26 bits per heavy atom. The molecule has 2 heterocycles. The minimum atomic E-state index is -0.570. The van der Waals surface area contributed by atoms with Crippen molar-refractivity contribution in [2.75, 3.05) is 51.7 Å². The maximum Gasteiger partial charge on any atom is 0.191 e. The molecule has 9 heteroatoms. The van der Waals surface area contributed by atoms with Crippen LogP contribution in [0.2, 0.25) is 0 Å². The molecule has 2 aromatic rings. The number of aromatic nitrogens is 1. The highest BCUT2D eigenvalue weighted by Crippen LogP contribution is 2.25. The molecule has 2 N–H and O–H groups in total. The van der Waals surface area contributed by atoms with Gasteiger partial charge in [0.25, 0.3) is 0 Å². The Labute approximate surface area is 161 Å². The SMILES string of the molecule is CN(C)C(CN=C(N)N1CCN(c2nccs2)CC1)c1c(F)cccc1F. The summed E-state index contributed by atoms with van der Waals surface area (Å²) in [5, 5.41) is 2.97. The lowest BCUT2D eigenvalue weighted by Crippen LogP contribution is -2.51. The number of anilines is 1. The third kappa shape index (κ3) is 4.54. The fourth-order valence-corrected chi connectivity index (χ4v) is 3.82. The number of nitrogens with two attached hydrogens (primary N) is 1. The Balaban J connectivity index is 1.65. The van der Waals surface area contributed by atoms with E-state index in [0.717, 1.165) is 31.3 Å². The fourth-order valence-electron chi connectivity index (χ4n) is 3.12. The van der Waals surface area contributed by atoms with Gasteiger partial charge in [-0.15, -0.1) is 11.3 Å². The van der Waals surface area contributed by atoms with Crippen molar-refractivity contribution in [3.8, 4) is 0 Å². The topological polar surface area (TPSA) is 61.0 Å². The Hall–Kier alpha value is -2.26. The third-order valence-electron chi connectivity index (χ3n) is 4.68. The van der Waals surface area contributed by atoms with Crippen LogP contribution < -0.4 is 10.6 Å². The lowest BCUT2D eigenvalue weighted by atomic mass is 10.0. The summed E-state index contributed by atoms with van der Waals surface area (Å²) >= 11 is 1.62. The molecule has 1 aliphatic rings. The highest BCUT2D eigenvalue weighted by molar-refractivity contribution is 7.13. The number of halogens is 2. The van der Waals surface area contributed by atoms with Crippen molar-refractivity contribution in [3.05, 3.63) is 47.0 Å². The van der Waals surface area contributed by atoms with Crippen LogP contribution in [0, 0.1) is 11.6 Å². The van der Waals surface area contributed by atoms with Gasteiger partial charge in [0.1, 0.15) is 11.6 Å². The zero-order chi connectivity index (χ0) is 19.4. The summed E-state index contributed by atoms with van der Waals surface area (Å²) in [6.45, 7) is 3.26. The van der Waals surface area contributed by atoms with E-state index in [2.05, 4.69) is 14.9 Å². The lowest BCUT2D eigenvalue weighted by Gasteiger charge is -2.35. The summed E-state index contributed by atoms with van der Waals surface area (Å²) in [5.74, 6) is -0.739. The van der Waals surface area contributed by atoms with Crippen molar-refractivity contribution in [3.63, 3.8) is 0 Å². The van der Waals surface area contributed by atoms with Gasteiger partial charge in [0.15, 0.2) is 11.1 Å². The van der Waals surface area contributed by atoms with Crippen LogP contribution in [0.4, 0.5) is 13.9 Å². The smallest absolute Gasteiger partial charge is 0.191 e. The molecule has 1 saturated heterocycles. The first kappa shape index (κ1) is 19.5. The number of rotatable bonds is 5. The molecule has 3 rings (SSSR count). The quantitative estimate of drug-likeness (QED) is 0.622. The largest absolute Gasteiger partial charge is 0.370 e. The van der Waals surface area contributed by atoms with E-state index >= 15 is 0 Å². The predicted octanol–water partition coefficient (Wildman–Crippen LogP) is 2.16. The summed E-state index contributed by atoms with van der Waals surface area (Å²) in [5.41, 5.74) is 6.17. The van der Waals surface area contributed by atoms with Crippen molar-refractivity contribution in [2.24, 2.45) is 10.7 Å². The van der Waals surface area contributed by atoms with E-state index in [-0.39, 0.29) is 12.1 Å². The molecule has 1 atom stereocenters. The highest BCUT2D eigenvalue weighted by Gasteiger charge is 2.23. The molecule has 0 radical (unpaired) electrons. The number of thiazole rings is 1. The zero-order valence-corrected chi connectivity index (χ0v) is 16.3. The number of hydrogen-bond acceptors (Lipinski definition) is 5. The molecule has 1 unspecified atom stereocenters. The van der Waals surface area contributed by atoms with E-state index in [4.69, 9.17) is 5.73 Å². The maximum absolute atomic E-state index is 14.2. The number of aliphatic imine (C=N–C) groups is 1. The molecule has 27 heavy (non-hydrogen) atoms. The Morgan fingerprint density at radius 3 is 2.48 bits per heavy atom. The molecule has 6 nitrogen and oxygen atoms in total. The summed E-state index contributed by atoms with van der Waals surface area (Å²) in [4.78, 5) is 14.7. The summed E-state index contributed by atoms with van der Waals surface area (Å²) < 4.78 is 28.3. The van der Waals surface area contributed by atoms with Crippen molar-refractivity contribution in [1.82, 2.24) is 14.8 Å². The molecule has 0 bridgehead atoms. The van der Waals surface area contributed by atoms with Crippen LogP contribution in [-0.4, -0.2) is 67.6 Å². The average molecular weight is 394 g/mol. The molecule has 1 aliphatic heterocycles. The molecule has 1 fully saturated rings. The number of benzene rings is 1. The van der Waals surface area contributed by atoms with Crippen molar-refractivity contribution < 1.29 is 8.78 Å². The van der Waals surface area contributed by atoms with Gasteiger partial charge in [0, 0.05) is 43.3 Å². The van der Waals surface area contributed by atoms with Gasteiger partial charge in [0.2, 0.25) is 0 Å². The van der Waals surface area contributed by atoms with Gasteiger partial charge in [0.05, 0.1) is 12.6 Å². The van der Waals surface area contributed by atoms with Crippen molar-refractivity contribution in [2.45, 2.75) is 6.04 Å². The zero-order valence-electron chi connectivity index (χ0n) is 15.5. The summed E-state index contributed by atoms with van der Waals surface area (Å²) in [6, 6.07) is 3.36. The third-order valence-corrected chi connectivity index (χ3v) is 5.51. The van der Waals surface area contributed by atoms with Crippen LogP contribution in [0.25, 0.3) is 0 Å². The second-order valence-corrected chi connectivity index (χ2v) is 7.48. The van der Waals surface area contributed by atoms with Gasteiger partial charge < -0.3 is 20.4 Å². The van der Waals surface area contributed by atoms with Crippen LogP contribution in [0.5, 0.6) is 0 Å². The van der Waals surface area contributed by atoms with Crippen LogP contribution in [0.3, 0.4) is 0 Å². The monoisotopic (exact) mass is 394 g/mol. The average Bonchev–Trinajstić information content (AvgIpc) is 3.18. The number of likely N-dealkylation sites (N-methyl/N-ethyl adjacent to an activating group) is 1. The molecule has 1 aromatic heterocycles. The molecular weight excluding hydrogens is 370 g/mol. The minimum absolute atomic E-state index is 0.0210. The van der Waals surface area contributed by atoms with Gasteiger partial charge in [-0.3, -0.25) is 4.99 Å². The second-order valence-electron chi connectivity index (χ2n) is 6.60. The van der Waals surface area contributed by atoms with E-state index in [1.807, 2.05) is 10.3 Å². The standard InChI is InChI=1S/C18H24F2N6S/c1-24(2)15(16-13(19)4-3-5-14(16)20)12-23-17(21)25-7-9-26(10-8-25)18-22-6-11-27-18/h3-6,11,15H,7-10,12H2,1-2H3,(H2,21,23). The normalized spacial score (nSPS) is 16.9. The summed E-state index contributed by atoms with van der Waals surface area (Å²) in [6.07, 6.45) is 1.80. The van der Waals surface area contributed by atoms with Gasteiger partial charge in [-0.2, -0.15) is 0 Å². The Morgan fingerprint density at radius 2 is 1.93 bits per heavy atom. The first-order valence-electron chi connectivity index (χ1n) is 8.77. The molecule has 146 valence electrons. The van der Waals surface area contributed by atoms with Gasteiger partial charge in [-0.05, 0) is 26.2 Å². The number of guanidine groups is 1. The van der Waals surface area contributed by atoms with Crippen LogP contribution in [0.1, 0.15) is 11.6 Å². The molecule has 0 saturated carbocycles. The Bertz CT molecular complexity index is 752. The number of nitrogens with zero attached hydrogens (tertiary/aromatic N) is 5. The van der Waals surface area contributed by atoms with Gasteiger partial charge >= 0.3 is 0 Å². The van der Waals surface area contributed by atoms with Crippen LogP contribution >= 0.6 is 11.3 Å². The molecule has 0 spiro atoms. The van der Waals surface area contributed by atoms with Crippen molar-refractivity contribution >= 4 is 22.4 Å². The van der Waals surface area contributed by atoms with E-state index in [0.29, 0.717) is 5.96 Å². The first-order valence-corrected chi connectivity index (χ1v) is 9.65. The highest BCUT2D eigenvalue weighted by atomic mass is 32.1.